The van der Waals surface area contributed by atoms with Crippen LogP contribution in [0.25, 0.3) is 0 Å². The summed E-state index contributed by atoms with van der Waals surface area (Å²) in [5.74, 6) is 0.680. The molecule has 0 fully saturated rings. The van der Waals surface area contributed by atoms with Gasteiger partial charge in [0.2, 0.25) is 0 Å². The number of aliphatic imine (C=N–C) groups is 1. The monoisotopic (exact) mass is 489 g/mol. The van der Waals surface area contributed by atoms with Crippen molar-refractivity contribution in [2.24, 2.45) is 4.99 Å². The van der Waals surface area contributed by atoms with Crippen LogP contribution in [0.4, 0.5) is 5.69 Å². The molecule has 0 N–H and O–H groups in total. The predicted octanol–water partition coefficient (Wildman–Crippen LogP) is 6.09. The third kappa shape index (κ3) is 8.27. The Kier molecular flexibility index (Phi) is 10.1. The zero-order valence-electron chi connectivity index (χ0n) is 20.9. The number of benzene rings is 3. The summed E-state index contributed by atoms with van der Waals surface area (Å²) < 4.78 is 21.6. The zero-order chi connectivity index (χ0) is 25.8. The van der Waals surface area contributed by atoms with Crippen LogP contribution in [0.3, 0.4) is 0 Å². The topological polar surface area (TPSA) is 83.4 Å². The average molecular weight is 490 g/mol. The highest BCUT2D eigenvalue weighted by atomic mass is 16.6. The largest absolute Gasteiger partial charge is 0.493 e. The van der Waals surface area contributed by atoms with Gasteiger partial charge in [-0.2, -0.15) is 0 Å². The van der Waals surface area contributed by atoms with E-state index in [1.165, 1.54) is 7.11 Å². The maximum atomic E-state index is 12.3. The second-order valence-corrected chi connectivity index (χ2v) is 8.09. The van der Waals surface area contributed by atoms with Crippen LogP contribution in [0.2, 0.25) is 0 Å². The molecule has 0 spiro atoms. The van der Waals surface area contributed by atoms with Gasteiger partial charge in [-0.25, -0.2) is 4.79 Å². The first-order valence-electron chi connectivity index (χ1n) is 11.9. The van der Waals surface area contributed by atoms with Crippen molar-refractivity contribution in [3.8, 4) is 17.2 Å². The van der Waals surface area contributed by atoms with Crippen LogP contribution in [-0.2, 0) is 9.53 Å². The van der Waals surface area contributed by atoms with Crippen LogP contribution >= 0.6 is 0 Å². The lowest BCUT2D eigenvalue weighted by Gasteiger charge is -2.10. The molecule has 0 saturated carbocycles. The molecule has 0 atom stereocenters. The van der Waals surface area contributed by atoms with Gasteiger partial charge in [-0.1, -0.05) is 31.0 Å². The standard InChI is InChI=1S/C29H31NO6/c1-4-5-17-35-29(32)23-9-11-24(12-10-23)30-20-22-8-15-26(27(19-22)33-3)36-28(31)16-18-34-25-13-6-21(2)7-14-25/h6-15,19-20H,4-5,16-18H2,1-3H3. The Morgan fingerprint density at radius 2 is 1.67 bits per heavy atom. The summed E-state index contributed by atoms with van der Waals surface area (Å²) in [7, 11) is 1.51. The summed E-state index contributed by atoms with van der Waals surface area (Å²) in [6.07, 6.45) is 3.58. The fourth-order valence-corrected chi connectivity index (χ4v) is 3.13. The van der Waals surface area contributed by atoms with Crippen LogP contribution in [-0.4, -0.2) is 38.5 Å². The molecular weight excluding hydrogens is 458 g/mol. The van der Waals surface area contributed by atoms with E-state index in [1.807, 2.05) is 38.1 Å². The molecule has 3 aromatic rings. The van der Waals surface area contributed by atoms with Gasteiger partial charge in [-0.05, 0) is 73.5 Å². The third-order valence-electron chi connectivity index (χ3n) is 5.20. The number of hydrogen-bond acceptors (Lipinski definition) is 7. The molecule has 0 aromatic heterocycles. The quantitative estimate of drug-likeness (QED) is 0.133. The summed E-state index contributed by atoms with van der Waals surface area (Å²) in [6, 6.07) is 19.7. The van der Waals surface area contributed by atoms with Crippen LogP contribution in [0, 0.1) is 6.92 Å². The molecule has 0 aliphatic carbocycles. The number of hydrogen-bond donors (Lipinski definition) is 0. The molecular formula is C29H31NO6. The van der Waals surface area contributed by atoms with Gasteiger partial charge >= 0.3 is 11.9 Å². The molecule has 188 valence electrons. The number of nitrogens with zero attached hydrogens (tertiary/aromatic N) is 1. The van der Waals surface area contributed by atoms with Crippen molar-refractivity contribution in [3.05, 3.63) is 83.4 Å². The predicted molar refractivity (Wildman–Crippen MR) is 139 cm³/mol. The van der Waals surface area contributed by atoms with Crippen molar-refractivity contribution in [2.75, 3.05) is 20.3 Å². The van der Waals surface area contributed by atoms with Gasteiger partial charge in [-0.15, -0.1) is 0 Å². The Hall–Kier alpha value is -4.13. The highest BCUT2D eigenvalue weighted by molar-refractivity contribution is 5.90. The molecule has 0 aliphatic heterocycles. The summed E-state index contributed by atoms with van der Waals surface area (Å²) >= 11 is 0. The van der Waals surface area contributed by atoms with E-state index in [0.29, 0.717) is 35.1 Å². The van der Waals surface area contributed by atoms with E-state index in [1.54, 1.807) is 48.7 Å². The van der Waals surface area contributed by atoms with E-state index in [0.717, 1.165) is 24.0 Å². The fourth-order valence-electron chi connectivity index (χ4n) is 3.13. The smallest absolute Gasteiger partial charge is 0.338 e. The molecule has 3 aromatic carbocycles. The Labute approximate surface area is 211 Å². The minimum absolute atomic E-state index is 0.0996. The molecule has 36 heavy (non-hydrogen) atoms. The number of esters is 2. The third-order valence-corrected chi connectivity index (χ3v) is 5.20. The molecule has 0 saturated heterocycles. The zero-order valence-corrected chi connectivity index (χ0v) is 20.9. The van der Waals surface area contributed by atoms with Crippen molar-refractivity contribution in [1.82, 2.24) is 0 Å². The van der Waals surface area contributed by atoms with E-state index in [2.05, 4.69) is 4.99 Å². The van der Waals surface area contributed by atoms with Gasteiger partial charge in [0.25, 0.3) is 0 Å². The average Bonchev–Trinajstić information content (AvgIpc) is 2.89. The molecule has 7 nitrogen and oxygen atoms in total. The Bertz CT molecular complexity index is 1170. The van der Waals surface area contributed by atoms with Crippen LogP contribution in [0.1, 0.15) is 47.7 Å². The van der Waals surface area contributed by atoms with E-state index in [-0.39, 0.29) is 19.0 Å². The number of carbonyl (C=O) groups excluding carboxylic acids is 2. The van der Waals surface area contributed by atoms with Crippen molar-refractivity contribution in [2.45, 2.75) is 33.1 Å². The van der Waals surface area contributed by atoms with Crippen molar-refractivity contribution in [1.29, 1.82) is 0 Å². The molecule has 0 bridgehead atoms. The summed E-state index contributed by atoms with van der Waals surface area (Å²) in [5, 5.41) is 0. The van der Waals surface area contributed by atoms with Gasteiger partial charge in [0.1, 0.15) is 5.75 Å². The second kappa shape index (κ2) is 13.7. The van der Waals surface area contributed by atoms with E-state index >= 15 is 0 Å². The first kappa shape index (κ1) is 26.5. The SMILES string of the molecule is CCCCOC(=O)c1ccc(N=Cc2ccc(OC(=O)CCOc3ccc(C)cc3)c(OC)c2)cc1. The van der Waals surface area contributed by atoms with Gasteiger partial charge in [0.15, 0.2) is 11.5 Å². The summed E-state index contributed by atoms with van der Waals surface area (Å²) in [6.45, 7) is 4.67. The van der Waals surface area contributed by atoms with Crippen molar-refractivity contribution < 1.29 is 28.5 Å². The second-order valence-electron chi connectivity index (χ2n) is 8.09. The number of unbranched alkanes of at least 4 members (excludes halogenated alkanes) is 1. The molecule has 7 heteroatoms. The first-order chi connectivity index (χ1) is 17.5. The van der Waals surface area contributed by atoms with Crippen LogP contribution in [0.5, 0.6) is 17.2 Å². The normalized spacial score (nSPS) is 10.8. The highest BCUT2D eigenvalue weighted by Crippen LogP contribution is 2.28. The minimum atomic E-state index is -0.421. The van der Waals surface area contributed by atoms with Crippen molar-refractivity contribution in [3.63, 3.8) is 0 Å². The van der Waals surface area contributed by atoms with Gasteiger partial charge in [0.05, 0.1) is 38.0 Å². The molecule has 0 heterocycles. The van der Waals surface area contributed by atoms with Gasteiger partial charge in [0, 0.05) is 6.21 Å². The number of rotatable bonds is 12. The molecule has 0 amide bonds. The van der Waals surface area contributed by atoms with Gasteiger partial charge in [-0.3, -0.25) is 9.79 Å². The Morgan fingerprint density at radius 3 is 2.36 bits per heavy atom. The lowest BCUT2D eigenvalue weighted by atomic mass is 10.2. The maximum Gasteiger partial charge on any atom is 0.338 e. The molecule has 0 unspecified atom stereocenters. The maximum absolute atomic E-state index is 12.3. The Morgan fingerprint density at radius 1 is 0.917 bits per heavy atom. The van der Waals surface area contributed by atoms with E-state index in [9.17, 15) is 9.59 Å². The fraction of sp³-hybridized carbons (Fsp3) is 0.276. The number of ether oxygens (including phenoxy) is 4. The number of carbonyl (C=O) groups is 2. The lowest BCUT2D eigenvalue weighted by Crippen LogP contribution is -2.13. The highest BCUT2D eigenvalue weighted by Gasteiger charge is 2.11. The summed E-state index contributed by atoms with van der Waals surface area (Å²) in [4.78, 5) is 28.7. The molecule has 0 radical (unpaired) electrons. The van der Waals surface area contributed by atoms with Crippen LogP contribution < -0.4 is 14.2 Å². The minimum Gasteiger partial charge on any atom is -0.493 e. The van der Waals surface area contributed by atoms with E-state index < -0.39 is 5.97 Å². The van der Waals surface area contributed by atoms with Crippen molar-refractivity contribution >= 4 is 23.8 Å². The number of aryl methyl sites for hydroxylation is 1. The summed E-state index contributed by atoms with van der Waals surface area (Å²) in [5.41, 5.74) is 3.07. The molecule has 0 aliphatic rings. The molecule has 3 rings (SSSR count). The van der Waals surface area contributed by atoms with Gasteiger partial charge < -0.3 is 18.9 Å². The lowest BCUT2D eigenvalue weighted by molar-refractivity contribution is -0.135. The Balaban J connectivity index is 1.53. The first-order valence-corrected chi connectivity index (χ1v) is 11.9. The van der Waals surface area contributed by atoms with Crippen LogP contribution in [0.15, 0.2) is 71.7 Å². The number of methoxy groups -OCH3 is 1. The van der Waals surface area contributed by atoms with E-state index in [4.69, 9.17) is 18.9 Å².